The summed E-state index contributed by atoms with van der Waals surface area (Å²) in [4.78, 5) is 0. The lowest BCUT2D eigenvalue weighted by Crippen LogP contribution is -2.30. The smallest absolute Gasteiger partial charge is 0.124 e. The van der Waals surface area contributed by atoms with Crippen molar-refractivity contribution in [3.05, 3.63) is 23.8 Å². The fraction of sp³-hybridized carbons (Fsp3) is 0.571. The molecule has 1 N–H and O–H groups in total. The summed E-state index contributed by atoms with van der Waals surface area (Å²) in [5.74, 6) is 3.18. The molecule has 0 saturated carbocycles. The number of nitrogens with one attached hydrogen (secondary N) is 1. The molecule has 2 unspecified atom stereocenters. The van der Waals surface area contributed by atoms with E-state index >= 15 is 0 Å². The summed E-state index contributed by atoms with van der Waals surface area (Å²) in [5.41, 5.74) is 1.13. The van der Waals surface area contributed by atoms with Gasteiger partial charge >= 0.3 is 0 Å². The average Bonchev–Trinajstić information content (AvgIpc) is 2.46. The van der Waals surface area contributed by atoms with E-state index in [0.29, 0.717) is 12.4 Å². The summed E-state index contributed by atoms with van der Waals surface area (Å²) < 4.78 is 22.3. The van der Waals surface area contributed by atoms with Crippen LogP contribution in [0.3, 0.4) is 0 Å². The Morgan fingerprint density at radius 2 is 2.37 bits per heavy atom. The number of ether oxygens (including phenoxy) is 2. The SMILES string of the molecule is CCS(=O)CCNC1CCOc2ccc(OC)cc21. The van der Waals surface area contributed by atoms with E-state index in [2.05, 4.69) is 5.32 Å². The molecule has 1 aliphatic rings. The van der Waals surface area contributed by atoms with Crippen LogP contribution in [0.5, 0.6) is 11.5 Å². The Morgan fingerprint density at radius 3 is 3.11 bits per heavy atom. The van der Waals surface area contributed by atoms with Crippen LogP contribution in [0.25, 0.3) is 0 Å². The van der Waals surface area contributed by atoms with Gasteiger partial charge in [-0.1, -0.05) is 6.92 Å². The van der Waals surface area contributed by atoms with Crippen molar-refractivity contribution in [1.29, 1.82) is 0 Å². The van der Waals surface area contributed by atoms with Crippen LogP contribution in [0.4, 0.5) is 0 Å². The Kier molecular flexibility index (Phi) is 5.22. The second kappa shape index (κ2) is 6.91. The van der Waals surface area contributed by atoms with E-state index < -0.39 is 10.8 Å². The molecule has 5 heteroatoms. The van der Waals surface area contributed by atoms with Gasteiger partial charge in [0.25, 0.3) is 0 Å². The Labute approximate surface area is 116 Å². The summed E-state index contributed by atoms with van der Waals surface area (Å²) >= 11 is 0. The maximum Gasteiger partial charge on any atom is 0.124 e. The highest BCUT2D eigenvalue weighted by molar-refractivity contribution is 7.84. The first-order valence-corrected chi connectivity index (χ1v) is 8.12. The second-order valence-corrected chi connectivity index (χ2v) is 6.35. The first-order chi connectivity index (χ1) is 9.24. The predicted molar refractivity (Wildman–Crippen MR) is 77.4 cm³/mol. The Balaban J connectivity index is 2.02. The van der Waals surface area contributed by atoms with Crippen molar-refractivity contribution in [3.63, 3.8) is 0 Å². The third kappa shape index (κ3) is 3.70. The molecule has 4 nitrogen and oxygen atoms in total. The molecule has 0 spiro atoms. The third-order valence-corrected chi connectivity index (χ3v) is 4.60. The lowest BCUT2D eigenvalue weighted by atomic mass is 10.0. The highest BCUT2D eigenvalue weighted by Crippen LogP contribution is 2.34. The van der Waals surface area contributed by atoms with Crippen molar-refractivity contribution in [1.82, 2.24) is 5.32 Å². The molecule has 1 aliphatic heterocycles. The van der Waals surface area contributed by atoms with Crippen molar-refractivity contribution in [3.8, 4) is 11.5 Å². The first kappa shape index (κ1) is 14.3. The maximum absolute atomic E-state index is 11.4. The molecule has 1 heterocycles. The molecule has 0 amide bonds. The molecular formula is C14H21NO3S. The predicted octanol–water partition coefficient (Wildman–Crippen LogP) is 1.88. The maximum atomic E-state index is 11.4. The summed E-state index contributed by atoms with van der Waals surface area (Å²) in [6.45, 7) is 3.43. The van der Waals surface area contributed by atoms with E-state index in [1.54, 1.807) is 7.11 Å². The Morgan fingerprint density at radius 1 is 1.53 bits per heavy atom. The van der Waals surface area contributed by atoms with Crippen molar-refractivity contribution in [2.45, 2.75) is 19.4 Å². The van der Waals surface area contributed by atoms with Crippen molar-refractivity contribution >= 4 is 10.8 Å². The van der Waals surface area contributed by atoms with Gasteiger partial charge in [0.2, 0.25) is 0 Å². The zero-order chi connectivity index (χ0) is 13.7. The molecule has 0 bridgehead atoms. The van der Waals surface area contributed by atoms with E-state index in [-0.39, 0.29) is 6.04 Å². The fourth-order valence-corrected chi connectivity index (χ4v) is 2.84. The molecule has 0 fully saturated rings. The van der Waals surface area contributed by atoms with Crippen molar-refractivity contribution in [2.75, 3.05) is 31.8 Å². The quantitative estimate of drug-likeness (QED) is 0.866. The van der Waals surface area contributed by atoms with Crippen LogP contribution in [0.2, 0.25) is 0 Å². The number of rotatable bonds is 6. The largest absolute Gasteiger partial charge is 0.497 e. The van der Waals surface area contributed by atoms with E-state index in [1.165, 1.54) is 0 Å². The van der Waals surface area contributed by atoms with Gasteiger partial charge in [-0.3, -0.25) is 4.21 Å². The minimum atomic E-state index is -0.714. The molecule has 19 heavy (non-hydrogen) atoms. The summed E-state index contributed by atoms with van der Waals surface area (Å²) in [6.07, 6.45) is 0.929. The van der Waals surface area contributed by atoms with Gasteiger partial charge in [0.1, 0.15) is 11.5 Å². The lowest BCUT2D eigenvalue weighted by molar-refractivity contribution is 0.253. The Hall–Kier alpha value is -1.07. The normalized spacial score (nSPS) is 19.4. The number of methoxy groups -OCH3 is 1. The zero-order valence-corrected chi connectivity index (χ0v) is 12.3. The number of fused-ring (bicyclic) bond motifs is 1. The molecule has 0 saturated heterocycles. The van der Waals surface area contributed by atoms with Gasteiger partial charge in [-0.2, -0.15) is 0 Å². The first-order valence-electron chi connectivity index (χ1n) is 6.63. The minimum absolute atomic E-state index is 0.257. The number of benzene rings is 1. The summed E-state index contributed by atoms with van der Waals surface area (Å²) in [6, 6.07) is 6.13. The molecule has 2 atom stereocenters. The van der Waals surface area contributed by atoms with Crippen LogP contribution in [-0.4, -0.2) is 36.0 Å². The van der Waals surface area contributed by atoms with Crippen LogP contribution in [0.15, 0.2) is 18.2 Å². The van der Waals surface area contributed by atoms with Gasteiger partial charge in [0.15, 0.2) is 0 Å². The standard InChI is InChI=1S/C14H21NO3S/c1-3-19(16)9-7-15-13-6-8-18-14-5-4-11(17-2)10-12(13)14/h4-5,10,13,15H,3,6-9H2,1-2H3. The van der Waals surface area contributed by atoms with Crippen LogP contribution < -0.4 is 14.8 Å². The minimum Gasteiger partial charge on any atom is -0.497 e. The van der Waals surface area contributed by atoms with Gasteiger partial charge in [-0.15, -0.1) is 0 Å². The molecule has 0 aliphatic carbocycles. The number of hydrogen-bond donors (Lipinski definition) is 1. The van der Waals surface area contributed by atoms with Gasteiger partial charge < -0.3 is 14.8 Å². The Bertz CT molecular complexity index is 450. The van der Waals surface area contributed by atoms with E-state index in [9.17, 15) is 4.21 Å². The fourth-order valence-electron chi connectivity index (χ4n) is 2.20. The highest BCUT2D eigenvalue weighted by Gasteiger charge is 2.21. The average molecular weight is 283 g/mol. The zero-order valence-electron chi connectivity index (χ0n) is 11.5. The van der Waals surface area contributed by atoms with E-state index in [1.807, 2.05) is 25.1 Å². The third-order valence-electron chi connectivity index (χ3n) is 3.30. The van der Waals surface area contributed by atoms with Gasteiger partial charge in [0.05, 0.1) is 13.7 Å². The topological polar surface area (TPSA) is 47.6 Å². The molecule has 1 aromatic carbocycles. The van der Waals surface area contributed by atoms with Gasteiger partial charge in [-0.25, -0.2) is 0 Å². The molecule has 1 aromatic rings. The van der Waals surface area contributed by atoms with Crippen LogP contribution >= 0.6 is 0 Å². The molecule has 106 valence electrons. The molecule has 0 radical (unpaired) electrons. The van der Waals surface area contributed by atoms with Crippen LogP contribution in [0.1, 0.15) is 24.9 Å². The van der Waals surface area contributed by atoms with E-state index in [0.717, 1.165) is 35.8 Å². The van der Waals surface area contributed by atoms with E-state index in [4.69, 9.17) is 9.47 Å². The lowest BCUT2D eigenvalue weighted by Gasteiger charge is -2.27. The molecule has 2 rings (SSSR count). The second-order valence-electron chi connectivity index (χ2n) is 4.48. The summed E-state index contributed by atoms with van der Waals surface area (Å²) in [5, 5.41) is 3.47. The van der Waals surface area contributed by atoms with Gasteiger partial charge in [-0.05, 0) is 18.2 Å². The van der Waals surface area contributed by atoms with Crippen molar-refractivity contribution < 1.29 is 13.7 Å². The number of hydrogen-bond acceptors (Lipinski definition) is 4. The van der Waals surface area contributed by atoms with Crippen LogP contribution in [0, 0.1) is 0 Å². The molecule has 0 aromatic heterocycles. The van der Waals surface area contributed by atoms with Crippen molar-refractivity contribution in [2.24, 2.45) is 0 Å². The summed E-state index contributed by atoms with van der Waals surface area (Å²) in [7, 11) is 0.951. The highest BCUT2D eigenvalue weighted by atomic mass is 32.2. The van der Waals surface area contributed by atoms with Gasteiger partial charge in [0, 0.05) is 46.9 Å². The van der Waals surface area contributed by atoms with Crippen LogP contribution in [-0.2, 0) is 10.8 Å². The monoisotopic (exact) mass is 283 g/mol. The molecular weight excluding hydrogens is 262 g/mol.